The van der Waals surface area contributed by atoms with Crippen molar-refractivity contribution in [2.24, 2.45) is 23.7 Å². The second kappa shape index (κ2) is 7.40. The number of imide groups is 1. The maximum Gasteiger partial charge on any atom is 0.342 e. The van der Waals surface area contributed by atoms with Crippen LogP contribution in [0.25, 0.3) is 0 Å². The van der Waals surface area contributed by atoms with Crippen LogP contribution in [0.3, 0.4) is 0 Å². The van der Waals surface area contributed by atoms with E-state index in [9.17, 15) is 28.7 Å². The zero-order valence-electron chi connectivity index (χ0n) is 16.7. The number of carbonyl (C=O) groups is 4. The standard InChI is InChI=1S/C24H18FNO6/c25-15-5-3-12(4-6-15)19(28)11-32-24(31)17-10-16(7-8-18(17)27)26-22(29)20-13-1-2-14(9-13)21(20)23(26)30/h1-8,10,13-14,20-21,27H,9,11H2. The molecule has 2 aliphatic carbocycles. The quantitative estimate of drug-likeness (QED) is 0.336. The third kappa shape index (κ3) is 3.10. The Morgan fingerprint density at radius 2 is 1.62 bits per heavy atom. The first-order chi connectivity index (χ1) is 15.3. The molecule has 0 spiro atoms. The van der Waals surface area contributed by atoms with Crippen LogP contribution >= 0.6 is 0 Å². The van der Waals surface area contributed by atoms with Gasteiger partial charge >= 0.3 is 5.97 Å². The van der Waals surface area contributed by atoms with Crippen molar-refractivity contribution in [1.82, 2.24) is 0 Å². The summed E-state index contributed by atoms with van der Waals surface area (Å²) in [5, 5.41) is 10.1. The van der Waals surface area contributed by atoms with Crippen LogP contribution in [-0.2, 0) is 14.3 Å². The fourth-order valence-corrected chi connectivity index (χ4v) is 4.91. The average Bonchev–Trinajstić information content (AvgIpc) is 3.47. The minimum atomic E-state index is -0.985. The molecule has 2 amide bonds. The van der Waals surface area contributed by atoms with E-state index in [1.165, 1.54) is 30.3 Å². The van der Waals surface area contributed by atoms with Gasteiger partial charge in [-0.2, -0.15) is 0 Å². The topological polar surface area (TPSA) is 101 Å². The molecule has 5 rings (SSSR count). The lowest BCUT2D eigenvalue weighted by molar-refractivity contribution is -0.123. The van der Waals surface area contributed by atoms with Crippen molar-refractivity contribution < 1.29 is 33.4 Å². The fourth-order valence-electron chi connectivity index (χ4n) is 4.91. The molecule has 2 aromatic rings. The number of halogens is 1. The van der Waals surface area contributed by atoms with E-state index >= 15 is 0 Å². The predicted octanol–water partition coefficient (Wildman–Crippen LogP) is 2.88. The number of benzene rings is 2. The molecule has 0 radical (unpaired) electrons. The van der Waals surface area contributed by atoms with Crippen LogP contribution in [0, 0.1) is 29.5 Å². The number of anilines is 1. The van der Waals surface area contributed by atoms with Crippen molar-refractivity contribution >= 4 is 29.3 Å². The van der Waals surface area contributed by atoms with Gasteiger partial charge in [0.15, 0.2) is 12.4 Å². The molecule has 7 nitrogen and oxygen atoms in total. The number of phenols is 1. The maximum atomic E-state index is 13.0. The monoisotopic (exact) mass is 435 g/mol. The van der Waals surface area contributed by atoms with Gasteiger partial charge in [-0.15, -0.1) is 0 Å². The Hall–Kier alpha value is -3.81. The molecule has 8 heteroatoms. The largest absolute Gasteiger partial charge is 0.507 e. The molecular weight excluding hydrogens is 417 g/mol. The van der Waals surface area contributed by atoms with E-state index in [1.54, 1.807) is 0 Å². The van der Waals surface area contributed by atoms with Gasteiger partial charge in [-0.1, -0.05) is 12.2 Å². The number of aromatic hydroxyl groups is 1. The molecule has 1 aliphatic heterocycles. The maximum absolute atomic E-state index is 13.0. The van der Waals surface area contributed by atoms with Gasteiger partial charge < -0.3 is 9.84 Å². The van der Waals surface area contributed by atoms with Crippen LogP contribution in [-0.4, -0.2) is 35.3 Å². The van der Waals surface area contributed by atoms with Crippen molar-refractivity contribution in [1.29, 1.82) is 0 Å². The van der Waals surface area contributed by atoms with Gasteiger partial charge in [0.05, 0.1) is 17.5 Å². The Bertz CT molecular complexity index is 1160. The van der Waals surface area contributed by atoms with Crippen molar-refractivity contribution in [3.8, 4) is 5.75 Å². The van der Waals surface area contributed by atoms with Crippen molar-refractivity contribution in [3.63, 3.8) is 0 Å². The molecule has 4 unspecified atom stereocenters. The minimum Gasteiger partial charge on any atom is -0.507 e. The van der Waals surface area contributed by atoms with Gasteiger partial charge in [-0.25, -0.2) is 14.1 Å². The van der Waals surface area contributed by atoms with E-state index in [0.717, 1.165) is 23.5 Å². The molecule has 0 aromatic heterocycles. The third-order valence-electron chi connectivity index (χ3n) is 6.43. The second-order valence-electron chi connectivity index (χ2n) is 8.22. The Kier molecular flexibility index (Phi) is 4.65. The van der Waals surface area contributed by atoms with E-state index in [4.69, 9.17) is 4.74 Å². The first-order valence-corrected chi connectivity index (χ1v) is 10.2. The van der Waals surface area contributed by atoms with E-state index in [0.29, 0.717) is 0 Å². The number of rotatable bonds is 5. The molecular formula is C24H18FNO6. The van der Waals surface area contributed by atoms with Crippen LogP contribution < -0.4 is 4.90 Å². The van der Waals surface area contributed by atoms with E-state index in [-0.39, 0.29) is 40.5 Å². The first kappa shape index (κ1) is 20.1. The summed E-state index contributed by atoms with van der Waals surface area (Å²) in [4.78, 5) is 51.7. The zero-order chi connectivity index (χ0) is 22.6. The van der Waals surface area contributed by atoms with Gasteiger partial charge in [0.2, 0.25) is 11.8 Å². The number of hydrogen-bond donors (Lipinski definition) is 1. The molecule has 32 heavy (non-hydrogen) atoms. The van der Waals surface area contributed by atoms with Crippen LogP contribution in [0.1, 0.15) is 27.1 Å². The number of carbonyl (C=O) groups excluding carboxylic acids is 4. The number of ketones is 1. The number of nitrogens with zero attached hydrogens (tertiary/aromatic N) is 1. The van der Waals surface area contributed by atoms with Crippen LogP contribution in [0.4, 0.5) is 10.1 Å². The minimum absolute atomic E-state index is 0.0467. The smallest absolute Gasteiger partial charge is 0.342 e. The number of fused-ring (bicyclic) bond motifs is 5. The molecule has 2 fully saturated rings. The molecule has 1 saturated heterocycles. The molecule has 1 N–H and O–H groups in total. The molecule has 162 valence electrons. The number of amides is 2. The highest BCUT2D eigenvalue weighted by molar-refractivity contribution is 6.23. The highest BCUT2D eigenvalue weighted by atomic mass is 19.1. The van der Waals surface area contributed by atoms with E-state index in [2.05, 4.69) is 0 Å². The van der Waals surface area contributed by atoms with Crippen LogP contribution in [0.2, 0.25) is 0 Å². The molecule has 1 heterocycles. The Morgan fingerprint density at radius 3 is 2.25 bits per heavy atom. The number of esters is 1. The first-order valence-electron chi connectivity index (χ1n) is 10.2. The van der Waals surface area contributed by atoms with Crippen molar-refractivity contribution in [2.45, 2.75) is 6.42 Å². The molecule has 3 aliphatic rings. The highest BCUT2D eigenvalue weighted by Crippen LogP contribution is 2.53. The van der Waals surface area contributed by atoms with Crippen molar-refractivity contribution in [3.05, 3.63) is 71.6 Å². The number of hydrogen-bond acceptors (Lipinski definition) is 6. The van der Waals surface area contributed by atoms with Gasteiger partial charge in [-0.3, -0.25) is 14.4 Å². The summed E-state index contributed by atoms with van der Waals surface area (Å²) in [6.45, 7) is -0.616. The molecule has 2 aromatic carbocycles. The lowest BCUT2D eigenvalue weighted by Gasteiger charge is -2.18. The van der Waals surface area contributed by atoms with Crippen LogP contribution in [0.15, 0.2) is 54.6 Å². The Morgan fingerprint density at radius 1 is 1.00 bits per heavy atom. The number of phenolic OH excluding ortho intramolecular Hbond substituents is 1. The summed E-state index contributed by atoms with van der Waals surface area (Å²) in [7, 11) is 0. The number of allylic oxidation sites excluding steroid dienone is 2. The normalized spacial score (nSPS) is 25.3. The Balaban J connectivity index is 1.33. The second-order valence-corrected chi connectivity index (χ2v) is 8.22. The Labute approximate surface area is 182 Å². The summed E-state index contributed by atoms with van der Waals surface area (Å²) >= 11 is 0. The molecule has 1 saturated carbocycles. The van der Waals surface area contributed by atoms with Gasteiger partial charge in [0, 0.05) is 5.56 Å². The van der Waals surface area contributed by atoms with Gasteiger partial charge in [-0.05, 0) is 60.7 Å². The number of ether oxygens (including phenoxy) is 1. The van der Waals surface area contributed by atoms with Crippen molar-refractivity contribution in [2.75, 3.05) is 11.5 Å². The zero-order valence-corrected chi connectivity index (χ0v) is 16.7. The lowest BCUT2D eigenvalue weighted by Crippen LogP contribution is -2.33. The molecule has 2 bridgehead atoms. The third-order valence-corrected chi connectivity index (χ3v) is 6.43. The SMILES string of the molecule is O=C(COC(=O)c1cc(N2C(=O)C3C4C=CC(C4)C3C2=O)ccc1O)c1ccc(F)cc1. The summed E-state index contributed by atoms with van der Waals surface area (Å²) < 4.78 is 18.0. The summed E-state index contributed by atoms with van der Waals surface area (Å²) in [5.41, 5.74) is 0.0665. The van der Waals surface area contributed by atoms with Gasteiger partial charge in [0.25, 0.3) is 0 Å². The summed E-state index contributed by atoms with van der Waals surface area (Å²) in [6.07, 6.45) is 4.77. The summed E-state index contributed by atoms with van der Waals surface area (Å²) in [6, 6.07) is 8.58. The number of Topliss-reactive ketones (excluding diaryl/α,β-unsaturated/α-hetero) is 1. The van der Waals surface area contributed by atoms with Gasteiger partial charge in [0.1, 0.15) is 17.1 Å². The molecule has 4 atom stereocenters. The van der Waals surface area contributed by atoms with Crippen LogP contribution in [0.5, 0.6) is 5.75 Å². The highest BCUT2D eigenvalue weighted by Gasteiger charge is 2.59. The predicted molar refractivity (Wildman–Crippen MR) is 109 cm³/mol. The van der Waals surface area contributed by atoms with E-state index in [1.807, 2.05) is 12.2 Å². The lowest BCUT2D eigenvalue weighted by atomic mass is 9.85. The summed E-state index contributed by atoms with van der Waals surface area (Å²) in [5.74, 6) is -3.76. The van der Waals surface area contributed by atoms with E-state index < -0.39 is 41.8 Å². The average molecular weight is 435 g/mol. The fraction of sp³-hybridized carbons (Fsp3) is 0.250.